The molecule has 1 heterocycles. The van der Waals surface area contributed by atoms with Gasteiger partial charge in [0.1, 0.15) is 5.75 Å². The number of carbonyl (C=O) groups is 2. The van der Waals surface area contributed by atoms with Crippen molar-refractivity contribution in [1.29, 1.82) is 0 Å². The maximum absolute atomic E-state index is 13.1. The molecule has 0 fully saturated rings. The van der Waals surface area contributed by atoms with Gasteiger partial charge in [-0.1, -0.05) is 68.0 Å². The number of allylic oxidation sites excluding steroid dienone is 1. The van der Waals surface area contributed by atoms with Crippen molar-refractivity contribution < 1.29 is 19.4 Å². The van der Waals surface area contributed by atoms with Crippen LogP contribution >= 0.6 is 0 Å². The van der Waals surface area contributed by atoms with Crippen molar-refractivity contribution in [2.45, 2.75) is 46.3 Å². The van der Waals surface area contributed by atoms with Crippen LogP contribution in [0, 0.1) is 6.92 Å². The van der Waals surface area contributed by atoms with E-state index in [9.17, 15) is 14.7 Å². The smallest absolute Gasteiger partial charge is 0.344 e. The predicted octanol–water partition coefficient (Wildman–Crippen LogP) is 5.55. The minimum absolute atomic E-state index is 0.00720. The maximum Gasteiger partial charge on any atom is 0.344 e. The van der Waals surface area contributed by atoms with Crippen molar-refractivity contribution in [2.24, 2.45) is 0 Å². The van der Waals surface area contributed by atoms with Crippen molar-refractivity contribution in [3.63, 3.8) is 0 Å². The van der Waals surface area contributed by atoms with Crippen LogP contribution in [0.1, 0.15) is 53.0 Å². The molecule has 0 saturated heterocycles. The number of aromatic nitrogens is 1. The van der Waals surface area contributed by atoms with Crippen LogP contribution in [0.2, 0.25) is 0 Å². The van der Waals surface area contributed by atoms with E-state index in [-0.39, 0.29) is 5.78 Å². The topological polar surface area (TPSA) is 68.5 Å². The molecule has 5 heteroatoms. The fourth-order valence-electron chi connectivity index (χ4n) is 3.43. The summed E-state index contributed by atoms with van der Waals surface area (Å²) in [5, 5.41) is 9.19. The summed E-state index contributed by atoms with van der Waals surface area (Å²) in [5.41, 5.74) is 4.48. The normalized spacial score (nSPS) is 12.1. The van der Waals surface area contributed by atoms with Crippen LogP contribution in [0.5, 0.6) is 5.75 Å². The first-order valence-electron chi connectivity index (χ1n) is 10.9. The van der Waals surface area contributed by atoms with Gasteiger partial charge in [-0.2, -0.15) is 0 Å². The van der Waals surface area contributed by atoms with Gasteiger partial charge < -0.3 is 14.4 Å². The van der Waals surface area contributed by atoms with E-state index >= 15 is 0 Å². The van der Waals surface area contributed by atoms with E-state index in [2.05, 4.69) is 6.92 Å². The highest BCUT2D eigenvalue weighted by atomic mass is 16.5. The molecule has 0 unspecified atom stereocenters. The molecule has 166 valence electrons. The zero-order valence-corrected chi connectivity index (χ0v) is 18.7. The van der Waals surface area contributed by atoms with Crippen LogP contribution < -0.4 is 4.74 Å². The number of ether oxygens (including phenoxy) is 1. The summed E-state index contributed by atoms with van der Waals surface area (Å²) in [6.07, 6.45) is 6.33. The molecule has 3 rings (SSSR count). The molecule has 1 aromatic heterocycles. The van der Waals surface area contributed by atoms with E-state index in [4.69, 9.17) is 4.74 Å². The molecule has 2 aromatic carbocycles. The molecule has 3 aromatic rings. The molecule has 0 amide bonds. The number of hydrogen-bond donors (Lipinski definition) is 1. The highest BCUT2D eigenvalue weighted by Gasteiger charge is 2.17. The lowest BCUT2D eigenvalue weighted by molar-refractivity contribution is -0.145. The summed E-state index contributed by atoms with van der Waals surface area (Å²) >= 11 is 0. The van der Waals surface area contributed by atoms with Gasteiger partial charge in [0, 0.05) is 18.3 Å². The second-order valence-corrected chi connectivity index (χ2v) is 7.76. The molecule has 32 heavy (non-hydrogen) atoms. The largest absolute Gasteiger partial charge is 0.479 e. The highest BCUT2D eigenvalue weighted by Crippen LogP contribution is 2.19. The van der Waals surface area contributed by atoms with Gasteiger partial charge >= 0.3 is 5.97 Å². The molecular formula is C27H29NO4. The average molecular weight is 432 g/mol. The van der Waals surface area contributed by atoms with Crippen LogP contribution in [0.4, 0.5) is 0 Å². The fraction of sp³-hybridized carbons (Fsp3) is 0.259. The van der Waals surface area contributed by atoms with Gasteiger partial charge in [0.15, 0.2) is 6.10 Å². The van der Waals surface area contributed by atoms with Gasteiger partial charge in [-0.15, -0.1) is 0 Å². The molecule has 0 aliphatic rings. The van der Waals surface area contributed by atoms with E-state index in [1.165, 1.54) is 0 Å². The SMILES string of the molecule is CCc1cc(C(=O)c2ccc(C)cc2)n(C/C=C/c2cccc(O[C@@H](CC)C(=O)O)c2)c1. The van der Waals surface area contributed by atoms with Crippen LogP contribution in [0.15, 0.2) is 66.9 Å². The predicted molar refractivity (Wildman–Crippen MR) is 126 cm³/mol. The van der Waals surface area contributed by atoms with Crippen LogP contribution in [-0.2, 0) is 17.8 Å². The third-order valence-corrected chi connectivity index (χ3v) is 5.30. The van der Waals surface area contributed by atoms with Gasteiger partial charge in [-0.25, -0.2) is 4.79 Å². The highest BCUT2D eigenvalue weighted by molar-refractivity contribution is 6.08. The zero-order valence-electron chi connectivity index (χ0n) is 18.7. The first kappa shape index (κ1) is 23.1. The lowest BCUT2D eigenvalue weighted by Crippen LogP contribution is -2.25. The molecule has 0 radical (unpaired) electrons. The quantitative estimate of drug-likeness (QED) is 0.428. The summed E-state index contributed by atoms with van der Waals surface area (Å²) in [6.45, 7) is 6.40. The standard InChI is InChI=1S/C27H29NO4/c1-4-20-17-24(26(29)22-13-11-19(3)12-14-22)28(18-20)15-7-9-21-8-6-10-23(16-21)32-25(5-2)27(30)31/h6-14,16-18,25H,4-5,15H2,1-3H3,(H,30,31)/b9-7+/t25-/m0/s1. The van der Waals surface area contributed by atoms with Crippen LogP contribution in [-0.4, -0.2) is 27.5 Å². The molecule has 5 nitrogen and oxygen atoms in total. The number of aryl methyl sites for hydroxylation is 2. The molecule has 0 saturated carbocycles. The monoisotopic (exact) mass is 431 g/mol. The van der Waals surface area contributed by atoms with E-state index in [0.29, 0.717) is 30.0 Å². The fourth-order valence-corrected chi connectivity index (χ4v) is 3.43. The minimum atomic E-state index is -0.974. The zero-order chi connectivity index (χ0) is 23.1. The summed E-state index contributed by atoms with van der Waals surface area (Å²) in [4.78, 5) is 24.3. The number of carbonyl (C=O) groups excluding carboxylic acids is 1. The summed E-state index contributed by atoms with van der Waals surface area (Å²) in [5.74, 6) is -0.447. The second kappa shape index (κ2) is 10.6. The first-order valence-corrected chi connectivity index (χ1v) is 10.9. The Balaban J connectivity index is 1.76. The Kier molecular flexibility index (Phi) is 7.66. The van der Waals surface area contributed by atoms with Crippen molar-refractivity contribution in [2.75, 3.05) is 0 Å². The van der Waals surface area contributed by atoms with E-state index in [1.807, 2.05) is 78.4 Å². The Morgan fingerprint density at radius 1 is 1.09 bits per heavy atom. The van der Waals surface area contributed by atoms with E-state index in [0.717, 1.165) is 23.1 Å². The number of rotatable bonds is 10. The van der Waals surface area contributed by atoms with Crippen molar-refractivity contribution in [3.8, 4) is 5.75 Å². The summed E-state index contributed by atoms with van der Waals surface area (Å²) < 4.78 is 7.54. The molecule has 1 atom stereocenters. The first-order chi connectivity index (χ1) is 15.4. The van der Waals surface area contributed by atoms with Crippen LogP contribution in [0.3, 0.4) is 0 Å². The van der Waals surface area contributed by atoms with Gasteiger partial charge in [0.05, 0.1) is 5.69 Å². The van der Waals surface area contributed by atoms with Crippen LogP contribution in [0.25, 0.3) is 6.08 Å². The Morgan fingerprint density at radius 2 is 1.84 bits per heavy atom. The lowest BCUT2D eigenvalue weighted by Gasteiger charge is -2.13. The van der Waals surface area contributed by atoms with Crippen molar-refractivity contribution >= 4 is 17.8 Å². The Bertz CT molecular complexity index is 1110. The van der Waals surface area contributed by atoms with Gasteiger partial charge in [0.25, 0.3) is 0 Å². The number of carboxylic acid groups (broad SMARTS) is 1. The van der Waals surface area contributed by atoms with Gasteiger partial charge in [0.2, 0.25) is 5.78 Å². The Hall–Kier alpha value is -3.60. The average Bonchev–Trinajstić information content (AvgIpc) is 3.21. The molecule has 0 aliphatic carbocycles. The Morgan fingerprint density at radius 3 is 2.50 bits per heavy atom. The lowest BCUT2D eigenvalue weighted by atomic mass is 10.1. The maximum atomic E-state index is 13.1. The number of ketones is 1. The Labute approximate surface area is 189 Å². The van der Waals surface area contributed by atoms with Gasteiger partial charge in [-0.05, 0) is 49.1 Å². The third kappa shape index (κ3) is 5.76. The molecule has 0 aliphatic heterocycles. The van der Waals surface area contributed by atoms with E-state index < -0.39 is 12.1 Å². The molecular weight excluding hydrogens is 402 g/mol. The summed E-state index contributed by atoms with van der Waals surface area (Å²) in [7, 11) is 0. The summed E-state index contributed by atoms with van der Waals surface area (Å²) in [6, 6.07) is 16.9. The third-order valence-electron chi connectivity index (χ3n) is 5.30. The minimum Gasteiger partial charge on any atom is -0.479 e. The molecule has 1 N–H and O–H groups in total. The number of aliphatic carboxylic acids is 1. The molecule has 0 spiro atoms. The number of hydrogen-bond acceptors (Lipinski definition) is 3. The van der Waals surface area contributed by atoms with Gasteiger partial charge in [-0.3, -0.25) is 4.79 Å². The number of benzene rings is 2. The number of nitrogens with zero attached hydrogens (tertiary/aromatic N) is 1. The number of carboxylic acids is 1. The van der Waals surface area contributed by atoms with Crippen molar-refractivity contribution in [1.82, 2.24) is 4.57 Å². The molecule has 0 bridgehead atoms. The van der Waals surface area contributed by atoms with Crippen molar-refractivity contribution in [3.05, 3.63) is 94.8 Å². The van der Waals surface area contributed by atoms with E-state index in [1.54, 1.807) is 13.0 Å². The second-order valence-electron chi connectivity index (χ2n) is 7.76.